The fourth-order valence-corrected chi connectivity index (χ4v) is 5.37. The van der Waals surface area contributed by atoms with Gasteiger partial charge in [-0.05, 0) is 73.7 Å². The Morgan fingerprint density at radius 3 is 2.56 bits per heavy atom. The van der Waals surface area contributed by atoms with Crippen LogP contribution in [-0.2, 0) is 11.2 Å². The Morgan fingerprint density at radius 1 is 1.12 bits per heavy atom. The molecule has 8 heteroatoms. The van der Waals surface area contributed by atoms with Crippen molar-refractivity contribution in [3.63, 3.8) is 0 Å². The minimum Gasteiger partial charge on any atom is -0.491 e. The van der Waals surface area contributed by atoms with Gasteiger partial charge in [0.15, 0.2) is 0 Å². The van der Waals surface area contributed by atoms with Gasteiger partial charge in [-0.1, -0.05) is 35.3 Å². The Bertz CT molecular complexity index is 1160. The van der Waals surface area contributed by atoms with Crippen LogP contribution < -0.4 is 4.74 Å². The second-order valence-corrected chi connectivity index (χ2v) is 10.3. The number of amides is 2. The number of hydrogen-bond acceptors (Lipinski definition) is 4. The lowest BCUT2D eigenvalue weighted by molar-refractivity contribution is -0.136. The number of nitrogens with zero attached hydrogens (tertiary/aromatic N) is 2. The summed E-state index contributed by atoms with van der Waals surface area (Å²) in [6, 6.07) is 15.8. The fraction of sp³-hybridized carbons (Fsp3) is 0.308. The number of thiophene rings is 1. The average Bonchev–Trinajstić information content (AvgIpc) is 3.31. The predicted octanol–water partition coefficient (Wildman–Crippen LogP) is 6.11. The molecule has 0 aliphatic carbocycles. The summed E-state index contributed by atoms with van der Waals surface area (Å²) >= 11 is 13.9. The summed E-state index contributed by atoms with van der Waals surface area (Å²) in [6.07, 6.45) is 0.788. The smallest absolute Gasteiger partial charge is 0.256 e. The van der Waals surface area contributed by atoms with Gasteiger partial charge < -0.3 is 14.5 Å². The topological polar surface area (TPSA) is 49.9 Å². The molecule has 0 fully saturated rings. The van der Waals surface area contributed by atoms with E-state index in [1.807, 2.05) is 30.9 Å². The minimum absolute atomic E-state index is 0.0291. The number of carbonyl (C=O) groups excluding carboxylic acids is 2. The molecular formula is C26H26Cl2N2O3S. The Balaban J connectivity index is 1.54. The van der Waals surface area contributed by atoms with Crippen molar-refractivity contribution in [1.82, 2.24) is 9.80 Å². The summed E-state index contributed by atoms with van der Waals surface area (Å²) in [5.74, 6) is 0.323. The van der Waals surface area contributed by atoms with Gasteiger partial charge in [-0.15, -0.1) is 11.3 Å². The van der Waals surface area contributed by atoms with Crippen molar-refractivity contribution >= 4 is 46.4 Å². The number of fused-ring (bicyclic) bond motifs is 1. The molecule has 2 amide bonds. The molecule has 0 bridgehead atoms. The molecule has 2 heterocycles. The van der Waals surface area contributed by atoms with Crippen LogP contribution in [0.4, 0.5) is 0 Å². The molecule has 0 radical (unpaired) electrons. The first kappa shape index (κ1) is 24.6. The first-order chi connectivity index (χ1) is 16.3. The van der Waals surface area contributed by atoms with Gasteiger partial charge >= 0.3 is 0 Å². The highest BCUT2D eigenvalue weighted by atomic mass is 35.5. The van der Waals surface area contributed by atoms with Crippen LogP contribution in [0.5, 0.6) is 5.75 Å². The van der Waals surface area contributed by atoms with Gasteiger partial charge in [-0.25, -0.2) is 0 Å². The van der Waals surface area contributed by atoms with Gasteiger partial charge in [-0.3, -0.25) is 9.59 Å². The van der Waals surface area contributed by atoms with Crippen LogP contribution >= 0.6 is 34.5 Å². The third-order valence-electron chi connectivity index (χ3n) is 5.93. The SMILES string of the molecule is CC(C)N(CC(=O)N1CCc2sccc2C1COc1ccc(Cl)cc1)C(=O)c1ccccc1Cl. The Kier molecular flexibility index (Phi) is 7.81. The van der Waals surface area contributed by atoms with Crippen molar-refractivity contribution in [3.8, 4) is 5.75 Å². The van der Waals surface area contributed by atoms with Crippen molar-refractivity contribution in [1.29, 1.82) is 0 Å². The van der Waals surface area contributed by atoms with E-state index in [0.717, 1.165) is 12.0 Å². The number of hydrogen-bond donors (Lipinski definition) is 0. The molecule has 2 aromatic carbocycles. The number of halogens is 2. The van der Waals surface area contributed by atoms with E-state index in [1.165, 1.54) is 4.88 Å². The second kappa shape index (κ2) is 10.8. The van der Waals surface area contributed by atoms with E-state index in [0.29, 0.717) is 34.5 Å². The summed E-state index contributed by atoms with van der Waals surface area (Å²) < 4.78 is 6.05. The minimum atomic E-state index is -0.254. The fourth-order valence-electron chi connectivity index (χ4n) is 4.10. The third kappa shape index (κ3) is 5.40. The maximum absolute atomic E-state index is 13.6. The van der Waals surface area contributed by atoms with Gasteiger partial charge in [0.1, 0.15) is 18.9 Å². The van der Waals surface area contributed by atoms with E-state index in [1.54, 1.807) is 52.6 Å². The first-order valence-corrected chi connectivity index (χ1v) is 12.8. The molecule has 0 saturated carbocycles. The van der Waals surface area contributed by atoms with Crippen molar-refractivity contribution in [3.05, 3.63) is 86.0 Å². The van der Waals surface area contributed by atoms with E-state index in [9.17, 15) is 9.59 Å². The quantitative estimate of drug-likeness (QED) is 0.380. The van der Waals surface area contributed by atoms with Crippen LogP contribution in [0.1, 0.15) is 40.7 Å². The lowest BCUT2D eigenvalue weighted by Crippen LogP contribution is -2.49. The first-order valence-electron chi connectivity index (χ1n) is 11.1. The molecule has 1 atom stereocenters. The molecule has 4 rings (SSSR count). The van der Waals surface area contributed by atoms with Crippen LogP contribution in [0.2, 0.25) is 10.0 Å². The van der Waals surface area contributed by atoms with Gasteiger partial charge in [0.2, 0.25) is 5.91 Å². The van der Waals surface area contributed by atoms with Crippen molar-refractivity contribution < 1.29 is 14.3 Å². The zero-order valence-electron chi connectivity index (χ0n) is 19.0. The third-order valence-corrected chi connectivity index (χ3v) is 7.51. The van der Waals surface area contributed by atoms with Gasteiger partial charge in [0.25, 0.3) is 5.91 Å². The Hall–Kier alpha value is -2.54. The van der Waals surface area contributed by atoms with Crippen molar-refractivity contribution in [2.75, 3.05) is 19.7 Å². The monoisotopic (exact) mass is 516 g/mol. The standard InChI is InChI=1S/C26H26Cl2N2O3S/c1-17(2)30(26(32)20-5-3-4-6-22(20)28)15-25(31)29-13-11-24-21(12-14-34-24)23(29)16-33-19-9-7-18(27)8-10-19/h3-10,12,14,17,23H,11,13,15-16H2,1-2H3. The van der Waals surface area contributed by atoms with E-state index >= 15 is 0 Å². The van der Waals surface area contributed by atoms with E-state index in [-0.39, 0.29) is 30.4 Å². The van der Waals surface area contributed by atoms with Crippen LogP contribution in [-0.4, -0.2) is 47.4 Å². The van der Waals surface area contributed by atoms with Crippen LogP contribution in [0.15, 0.2) is 60.0 Å². The summed E-state index contributed by atoms with van der Waals surface area (Å²) in [4.78, 5) is 31.5. The number of rotatable bonds is 7. The molecule has 0 N–H and O–H groups in total. The predicted molar refractivity (Wildman–Crippen MR) is 137 cm³/mol. The Morgan fingerprint density at radius 2 is 1.85 bits per heavy atom. The summed E-state index contributed by atoms with van der Waals surface area (Å²) in [5.41, 5.74) is 1.50. The van der Waals surface area contributed by atoms with Gasteiger partial charge in [0.05, 0.1) is 16.6 Å². The highest BCUT2D eigenvalue weighted by Crippen LogP contribution is 2.34. The molecule has 1 aliphatic rings. The van der Waals surface area contributed by atoms with Crippen LogP contribution in [0.25, 0.3) is 0 Å². The average molecular weight is 517 g/mol. The number of benzene rings is 2. The van der Waals surface area contributed by atoms with Crippen molar-refractivity contribution in [2.45, 2.75) is 32.4 Å². The molecule has 0 saturated heterocycles. The molecular weight excluding hydrogens is 491 g/mol. The molecule has 1 aliphatic heterocycles. The maximum atomic E-state index is 13.6. The van der Waals surface area contributed by atoms with Crippen LogP contribution in [0, 0.1) is 0 Å². The normalized spacial score (nSPS) is 15.2. The molecule has 3 aromatic rings. The molecule has 34 heavy (non-hydrogen) atoms. The zero-order chi connectivity index (χ0) is 24.2. The van der Waals surface area contributed by atoms with Crippen LogP contribution in [0.3, 0.4) is 0 Å². The number of carbonyl (C=O) groups is 2. The van der Waals surface area contributed by atoms with Crippen molar-refractivity contribution in [2.24, 2.45) is 0 Å². The second-order valence-electron chi connectivity index (χ2n) is 8.42. The van der Waals surface area contributed by atoms with E-state index in [2.05, 4.69) is 11.4 Å². The molecule has 5 nitrogen and oxygen atoms in total. The summed E-state index contributed by atoms with van der Waals surface area (Å²) in [6.45, 7) is 4.66. The largest absolute Gasteiger partial charge is 0.491 e. The summed E-state index contributed by atoms with van der Waals surface area (Å²) in [5, 5.41) is 3.06. The lowest BCUT2D eigenvalue weighted by Gasteiger charge is -2.37. The molecule has 1 unspecified atom stereocenters. The maximum Gasteiger partial charge on any atom is 0.256 e. The molecule has 1 aromatic heterocycles. The summed E-state index contributed by atoms with van der Waals surface area (Å²) in [7, 11) is 0. The number of ether oxygens (including phenoxy) is 1. The van der Waals surface area contributed by atoms with E-state index < -0.39 is 0 Å². The van der Waals surface area contributed by atoms with Gasteiger partial charge in [0, 0.05) is 22.5 Å². The lowest BCUT2D eigenvalue weighted by atomic mass is 10.00. The molecule has 0 spiro atoms. The molecule has 178 valence electrons. The van der Waals surface area contributed by atoms with E-state index in [4.69, 9.17) is 27.9 Å². The highest BCUT2D eigenvalue weighted by Gasteiger charge is 2.34. The Labute approximate surface area is 213 Å². The van der Waals surface area contributed by atoms with Gasteiger partial charge in [-0.2, -0.15) is 0 Å². The zero-order valence-corrected chi connectivity index (χ0v) is 21.4. The highest BCUT2D eigenvalue weighted by molar-refractivity contribution is 7.10.